The summed E-state index contributed by atoms with van der Waals surface area (Å²) in [6, 6.07) is 8.30. The van der Waals surface area contributed by atoms with Crippen molar-refractivity contribution in [3.05, 3.63) is 60.7 Å². The van der Waals surface area contributed by atoms with Crippen molar-refractivity contribution in [3.63, 3.8) is 0 Å². The number of hydrogen-bond donors (Lipinski definition) is 0. The Labute approximate surface area is 140 Å². The van der Waals surface area contributed by atoms with E-state index in [1.807, 2.05) is 36.2 Å². The van der Waals surface area contributed by atoms with Crippen molar-refractivity contribution in [3.8, 4) is 11.4 Å². The quantitative estimate of drug-likeness (QED) is 0.514. The van der Waals surface area contributed by atoms with Crippen LogP contribution in [0.2, 0.25) is 0 Å². The minimum absolute atomic E-state index is 0.680. The lowest BCUT2D eigenvalue weighted by Crippen LogP contribution is -2.02. The lowest BCUT2D eigenvalue weighted by molar-refractivity contribution is 0.729. The molecule has 1 aromatic carbocycles. The fourth-order valence-electron chi connectivity index (χ4n) is 2.35. The van der Waals surface area contributed by atoms with Crippen LogP contribution in [0.4, 0.5) is 0 Å². The summed E-state index contributed by atoms with van der Waals surface area (Å²) in [5.41, 5.74) is 2.28. The van der Waals surface area contributed by atoms with Gasteiger partial charge in [-0.3, -0.25) is 4.57 Å². The van der Waals surface area contributed by atoms with Crippen molar-refractivity contribution >= 4 is 11.8 Å². The van der Waals surface area contributed by atoms with Crippen molar-refractivity contribution in [2.75, 3.05) is 0 Å². The molecule has 6 heteroatoms. The first-order chi connectivity index (χ1) is 11.2. The Bertz CT molecular complexity index is 818. The first-order valence-electron chi connectivity index (χ1n) is 7.39. The second kappa shape index (κ2) is 6.83. The molecule has 118 valence electrons. The van der Waals surface area contributed by atoms with Crippen LogP contribution in [0.5, 0.6) is 0 Å². The molecular weight excluding hydrogens is 306 g/mol. The van der Waals surface area contributed by atoms with Gasteiger partial charge in [-0.25, -0.2) is 4.98 Å². The highest BCUT2D eigenvalue weighted by molar-refractivity contribution is 7.98. The highest BCUT2D eigenvalue weighted by Gasteiger charge is 2.14. The maximum absolute atomic E-state index is 4.39. The summed E-state index contributed by atoms with van der Waals surface area (Å²) in [5.74, 6) is 2.64. The van der Waals surface area contributed by atoms with Crippen molar-refractivity contribution in [2.45, 2.75) is 24.4 Å². The van der Waals surface area contributed by atoms with E-state index in [1.165, 1.54) is 5.56 Å². The molecule has 0 fully saturated rings. The maximum Gasteiger partial charge on any atom is 0.192 e. The van der Waals surface area contributed by atoms with Gasteiger partial charge in [0.25, 0.3) is 0 Å². The van der Waals surface area contributed by atoms with Gasteiger partial charge >= 0.3 is 0 Å². The first kappa shape index (κ1) is 15.6. The maximum atomic E-state index is 4.39. The third-order valence-electron chi connectivity index (χ3n) is 3.56. The predicted octanol–water partition coefficient (Wildman–Crippen LogP) is 3.47. The Balaban J connectivity index is 1.89. The predicted molar refractivity (Wildman–Crippen MR) is 93.2 cm³/mol. The number of nitrogens with zero attached hydrogens (tertiary/aromatic N) is 5. The van der Waals surface area contributed by atoms with Crippen LogP contribution in [0.15, 0.2) is 54.5 Å². The van der Waals surface area contributed by atoms with Crippen LogP contribution >= 0.6 is 11.8 Å². The number of aromatic nitrogens is 5. The molecule has 0 saturated heterocycles. The van der Waals surface area contributed by atoms with Crippen LogP contribution in [0.1, 0.15) is 11.4 Å². The molecule has 0 spiro atoms. The van der Waals surface area contributed by atoms with Crippen molar-refractivity contribution in [1.82, 2.24) is 24.3 Å². The molecule has 0 aliphatic carbocycles. The first-order valence-corrected chi connectivity index (χ1v) is 8.37. The van der Waals surface area contributed by atoms with Gasteiger partial charge in [-0.05, 0) is 13.0 Å². The van der Waals surface area contributed by atoms with E-state index < -0.39 is 0 Å². The molecule has 0 N–H and O–H groups in total. The highest BCUT2D eigenvalue weighted by Crippen LogP contribution is 2.26. The summed E-state index contributed by atoms with van der Waals surface area (Å²) in [4.78, 5) is 4.35. The van der Waals surface area contributed by atoms with Crippen molar-refractivity contribution in [1.29, 1.82) is 0 Å². The van der Waals surface area contributed by atoms with E-state index in [0.717, 1.165) is 28.1 Å². The normalized spacial score (nSPS) is 10.9. The third kappa shape index (κ3) is 3.37. The zero-order chi connectivity index (χ0) is 16.2. The molecule has 23 heavy (non-hydrogen) atoms. The Morgan fingerprint density at radius 2 is 2.17 bits per heavy atom. The Hall–Kier alpha value is -2.34. The SMILES string of the molecule is C=CCn1c(SCc2nccn2C)nnc1-c1cccc(C)c1. The number of benzene rings is 1. The van der Waals surface area contributed by atoms with E-state index in [0.29, 0.717) is 6.54 Å². The molecule has 3 rings (SSSR count). The summed E-state index contributed by atoms with van der Waals surface area (Å²) in [6.45, 7) is 6.61. The summed E-state index contributed by atoms with van der Waals surface area (Å²) in [6.07, 6.45) is 5.62. The van der Waals surface area contributed by atoms with Crippen LogP contribution < -0.4 is 0 Å². The smallest absolute Gasteiger partial charge is 0.192 e. The number of thioether (sulfide) groups is 1. The van der Waals surface area contributed by atoms with Crippen molar-refractivity contribution in [2.24, 2.45) is 7.05 Å². The van der Waals surface area contributed by atoms with E-state index in [-0.39, 0.29) is 0 Å². The number of rotatable bonds is 6. The van der Waals surface area contributed by atoms with Gasteiger partial charge in [0.1, 0.15) is 5.82 Å². The number of allylic oxidation sites excluding steroid dienone is 1. The number of aryl methyl sites for hydroxylation is 2. The number of imidazole rings is 1. The molecule has 2 heterocycles. The van der Waals surface area contributed by atoms with E-state index in [2.05, 4.69) is 51.5 Å². The van der Waals surface area contributed by atoms with E-state index in [9.17, 15) is 0 Å². The highest BCUT2D eigenvalue weighted by atomic mass is 32.2. The van der Waals surface area contributed by atoms with Crippen LogP contribution in [0.3, 0.4) is 0 Å². The molecule has 0 bridgehead atoms. The fourth-order valence-corrected chi connectivity index (χ4v) is 3.30. The fraction of sp³-hybridized carbons (Fsp3) is 0.235. The van der Waals surface area contributed by atoms with Gasteiger partial charge in [-0.1, -0.05) is 41.6 Å². The molecule has 2 aromatic heterocycles. The van der Waals surface area contributed by atoms with Crippen LogP contribution in [0.25, 0.3) is 11.4 Å². The van der Waals surface area contributed by atoms with Gasteiger partial charge in [0.2, 0.25) is 0 Å². The molecular formula is C17H19N5S. The average Bonchev–Trinajstić information content (AvgIpc) is 3.12. The lowest BCUT2D eigenvalue weighted by Gasteiger charge is -2.08. The van der Waals surface area contributed by atoms with Gasteiger partial charge in [0, 0.05) is 31.5 Å². The lowest BCUT2D eigenvalue weighted by atomic mass is 10.1. The zero-order valence-corrected chi connectivity index (χ0v) is 14.1. The third-order valence-corrected chi connectivity index (χ3v) is 4.52. The molecule has 0 radical (unpaired) electrons. The largest absolute Gasteiger partial charge is 0.337 e. The number of hydrogen-bond acceptors (Lipinski definition) is 4. The summed E-state index contributed by atoms with van der Waals surface area (Å²) < 4.78 is 4.11. The zero-order valence-electron chi connectivity index (χ0n) is 13.3. The minimum Gasteiger partial charge on any atom is -0.337 e. The van der Waals surface area contributed by atoms with E-state index >= 15 is 0 Å². The molecule has 0 aliphatic rings. The Morgan fingerprint density at radius 1 is 1.30 bits per heavy atom. The molecule has 3 aromatic rings. The van der Waals surface area contributed by atoms with Crippen LogP contribution in [-0.2, 0) is 19.3 Å². The Morgan fingerprint density at radius 3 is 2.87 bits per heavy atom. The van der Waals surface area contributed by atoms with Gasteiger partial charge < -0.3 is 4.57 Å². The molecule has 0 unspecified atom stereocenters. The van der Waals surface area contributed by atoms with E-state index in [4.69, 9.17) is 0 Å². The minimum atomic E-state index is 0.680. The topological polar surface area (TPSA) is 48.5 Å². The molecule has 0 aliphatic heterocycles. The second-order valence-electron chi connectivity index (χ2n) is 5.32. The summed E-state index contributed by atoms with van der Waals surface area (Å²) in [5, 5.41) is 9.63. The molecule has 0 atom stereocenters. The monoisotopic (exact) mass is 325 g/mol. The molecule has 0 amide bonds. The second-order valence-corrected chi connectivity index (χ2v) is 6.26. The van der Waals surface area contributed by atoms with Gasteiger partial charge in [-0.2, -0.15) is 0 Å². The Kier molecular flexibility index (Phi) is 4.62. The van der Waals surface area contributed by atoms with Gasteiger partial charge in [0.15, 0.2) is 11.0 Å². The average molecular weight is 325 g/mol. The van der Waals surface area contributed by atoms with E-state index in [1.54, 1.807) is 11.8 Å². The summed E-state index contributed by atoms with van der Waals surface area (Å²) in [7, 11) is 2.00. The van der Waals surface area contributed by atoms with Crippen LogP contribution in [-0.4, -0.2) is 24.3 Å². The van der Waals surface area contributed by atoms with Gasteiger partial charge in [0.05, 0.1) is 5.75 Å². The van der Waals surface area contributed by atoms with Crippen molar-refractivity contribution < 1.29 is 0 Å². The molecule has 5 nitrogen and oxygen atoms in total. The molecule has 0 saturated carbocycles. The van der Waals surface area contributed by atoms with Crippen LogP contribution in [0, 0.1) is 6.92 Å². The van der Waals surface area contributed by atoms with Gasteiger partial charge in [-0.15, -0.1) is 16.8 Å². The summed E-state index contributed by atoms with van der Waals surface area (Å²) >= 11 is 1.64. The standard InChI is InChI=1S/C17H19N5S/c1-4-9-22-16(14-7-5-6-13(2)11-14)19-20-17(22)23-12-15-18-8-10-21(15)3/h4-8,10-11H,1,9,12H2,2-3H3.